The summed E-state index contributed by atoms with van der Waals surface area (Å²) in [7, 11) is -3.43. The zero-order valence-electron chi connectivity index (χ0n) is 14.3. The van der Waals surface area contributed by atoms with E-state index in [1.165, 1.54) is 18.4 Å². The average Bonchev–Trinajstić information content (AvgIpc) is 2.86. The second-order valence-corrected chi connectivity index (χ2v) is 9.40. The first kappa shape index (κ1) is 16.9. The van der Waals surface area contributed by atoms with Crippen LogP contribution in [0.15, 0.2) is 29.2 Å². The fraction of sp³-hybridized carbons (Fsp3) is 0.667. The van der Waals surface area contributed by atoms with Crippen LogP contribution < -0.4 is 10.0 Å². The van der Waals surface area contributed by atoms with Gasteiger partial charge in [0.1, 0.15) is 0 Å². The summed E-state index contributed by atoms with van der Waals surface area (Å²) in [6.07, 6.45) is 5.16. The van der Waals surface area contributed by atoms with Gasteiger partial charge in [-0.05, 0) is 55.2 Å². The van der Waals surface area contributed by atoms with Crippen molar-refractivity contribution < 1.29 is 8.42 Å². The van der Waals surface area contributed by atoms with Crippen LogP contribution in [0.1, 0.15) is 58.4 Å². The second kappa shape index (κ2) is 6.19. The van der Waals surface area contributed by atoms with E-state index in [9.17, 15) is 8.42 Å². The van der Waals surface area contributed by atoms with Gasteiger partial charge in [-0.15, -0.1) is 0 Å². The Kier molecular flexibility index (Phi) is 4.55. The van der Waals surface area contributed by atoms with Crippen LogP contribution in [0.3, 0.4) is 0 Å². The monoisotopic (exact) mass is 336 g/mol. The summed E-state index contributed by atoms with van der Waals surface area (Å²) in [6.45, 7) is 6.51. The van der Waals surface area contributed by atoms with Gasteiger partial charge in [0.15, 0.2) is 0 Å². The van der Waals surface area contributed by atoms with Crippen molar-refractivity contribution in [3.63, 3.8) is 0 Å². The number of rotatable bonds is 5. The van der Waals surface area contributed by atoms with Gasteiger partial charge in [-0.1, -0.05) is 32.9 Å². The molecule has 2 bridgehead atoms. The van der Waals surface area contributed by atoms with Crippen LogP contribution in [0.4, 0.5) is 0 Å². The summed E-state index contributed by atoms with van der Waals surface area (Å²) in [6, 6.07) is 8.40. The first-order chi connectivity index (χ1) is 10.8. The predicted molar refractivity (Wildman–Crippen MR) is 93.0 cm³/mol. The highest BCUT2D eigenvalue weighted by atomic mass is 32.2. The molecule has 1 aromatic rings. The Morgan fingerprint density at radius 3 is 2.22 bits per heavy atom. The van der Waals surface area contributed by atoms with E-state index < -0.39 is 10.0 Å². The van der Waals surface area contributed by atoms with Crippen LogP contribution in [-0.4, -0.2) is 26.5 Å². The van der Waals surface area contributed by atoms with Gasteiger partial charge in [-0.3, -0.25) is 0 Å². The van der Waals surface area contributed by atoms with E-state index in [4.69, 9.17) is 0 Å². The third-order valence-corrected chi connectivity index (χ3v) is 7.16. The molecule has 4 nitrogen and oxygen atoms in total. The Morgan fingerprint density at radius 2 is 1.70 bits per heavy atom. The van der Waals surface area contributed by atoms with Crippen molar-refractivity contribution in [3.05, 3.63) is 29.8 Å². The lowest BCUT2D eigenvalue weighted by Crippen LogP contribution is -2.47. The number of sulfonamides is 1. The Labute approximate surface area is 140 Å². The standard InChI is InChI=1S/C18H28N2O2S/c1-4-18(2,3)13-5-9-17(10-6-13)23(21,22)20-16-11-14-7-8-15(12-16)19-14/h5-6,9-10,14-16,19-20H,4,7-8,11-12H2,1-3H3. The van der Waals surface area contributed by atoms with Gasteiger partial charge >= 0.3 is 0 Å². The fourth-order valence-electron chi connectivity index (χ4n) is 3.73. The molecule has 0 saturated carbocycles. The second-order valence-electron chi connectivity index (χ2n) is 7.69. The van der Waals surface area contributed by atoms with Gasteiger partial charge in [0.2, 0.25) is 10.0 Å². The maximum absolute atomic E-state index is 12.6. The molecule has 2 fully saturated rings. The van der Waals surface area contributed by atoms with Crippen LogP contribution in [0.25, 0.3) is 0 Å². The number of benzene rings is 1. The largest absolute Gasteiger partial charge is 0.311 e. The van der Waals surface area contributed by atoms with E-state index in [1.807, 2.05) is 12.1 Å². The number of fused-ring (bicyclic) bond motifs is 2. The van der Waals surface area contributed by atoms with Gasteiger partial charge < -0.3 is 5.32 Å². The SMILES string of the molecule is CCC(C)(C)c1ccc(S(=O)(=O)NC2CC3CCC(C2)N3)cc1. The zero-order chi connectivity index (χ0) is 16.7. The summed E-state index contributed by atoms with van der Waals surface area (Å²) >= 11 is 0. The highest BCUT2D eigenvalue weighted by Gasteiger charge is 2.35. The van der Waals surface area contributed by atoms with E-state index >= 15 is 0 Å². The van der Waals surface area contributed by atoms with Gasteiger partial charge in [-0.2, -0.15) is 0 Å². The molecule has 0 aliphatic carbocycles. The fourth-order valence-corrected chi connectivity index (χ4v) is 4.99. The maximum atomic E-state index is 12.6. The first-order valence-electron chi connectivity index (χ1n) is 8.69. The van der Waals surface area contributed by atoms with Gasteiger partial charge in [-0.25, -0.2) is 13.1 Å². The minimum atomic E-state index is -3.43. The number of nitrogens with one attached hydrogen (secondary N) is 2. The topological polar surface area (TPSA) is 58.2 Å². The molecule has 0 amide bonds. The quantitative estimate of drug-likeness (QED) is 0.869. The molecule has 23 heavy (non-hydrogen) atoms. The summed E-state index contributed by atoms with van der Waals surface area (Å²) in [5.74, 6) is 0. The van der Waals surface area contributed by atoms with Crippen molar-refractivity contribution in [2.75, 3.05) is 0 Å². The Morgan fingerprint density at radius 1 is 1.13 bits per heavy atom. The zero-order valence-corrected chi connectivity index (χ0v) is 15.1. The predicted octanol–water partition coefficient (Wildman–Crippen LogP) is 2.94. The van der Waals surface area contributed by atoms with Crippen LogP contribution in [-0.2, 0) is 15.4 Å². The van der Waals surface area contributed by atoms with Crippen LogP contribution in [0.2, 0.25) is 0 Å². The minimum Gasteiger partial charge on any atom is -0.311 e. The molecular formula is C18H28N2O2S. The Balaban J connectivity index is 1.72. The van der Waals surface area contributed by atoms with Crippen LogP contribution in [0.5, 0.6) is 0 Å². The van der Waals surface area contributed by atoms with Gasteiger partial charge in [0, 0.05) is 18.1 Å². The molecule has 2 N–H and O–H groups in total. The molecule has 1 aromatic carbocycles. The Hall–Kier alpha value is -0.910. The van der Waals surface area contributed by atoms with E-state index in [0.29, 0.717) is 17.0 Å². The highest BCUT2D eigenvalue weighted by molar-refractivity contribution is 7.89. The van der Waals surface area contributed by atoms with E-state index in [-0.39, 0.29) is 11.5 Å². The Bertz CT molecular complexity index is 640. The summed E-state index contributed by atoms with van der Waals surface area (Å²) in [4.78, 5) is 0.374. The van der Waals surface area contributed by atoms with E-state index in [0.717, 1.165) is 19.3 Å². The van der Waals surface area contributed by atoms with Crippen molar-refractivity contribution >= 4 is 10.0 Å². The molecule has 128 valence electrons. The van der Waals surface area contributed by atoms with Crippen molar-refractivity contribution in [1.29, 1.82) is 0 Å². The highest BCUT2D eigenvalue weighted by Crippen LogP contribution is 2.29. The molecule has 5 heteroatoms. The molecule has 3 rings (SSSR count). The van der Waals surface area contributed by atoms with Crippen LogP contribution in [0, 0.1) is 0 Å². The number of hydrogen-bond acceptors (Lipinski definition) is 3. The maximum Gasteiger partial charge on any atom is 0.240 e. The molecule has 2 aliphatic heterocycles. The first-order valence-corrected chi connectivity index (χ1v) is 10.2. The van der Waals surface area contributed by atoms with Crippen LogP contribution >= 0.6 is 0 Å². The summed E-state index contributed by atoms with van der Waals surface area (Å²) in [5, 5.41) is 3.54. The summed E-state index contributed by atoms with van der Waals surface area (Å²) in [5.41, 5.74) is 1.25. The third kappa shape index (κ3) is 3.62. The number of hydrogen-bond donors (Lipinski definition) is 2. The molecule has 2 saturated heterocycles. The third-order valence-electron chi connectivity index (χ3n) is 5.62. The molecule has 2 atom stereocenters. The molecular weight excluding hydrogens is 308 g/mol. The average molecular weight is 337 g/mol. The molecule has 0 aromatic heterocycles. The lowest BCUT2D eigenvalue weighted by atomic mass is 9.82. The molecule has 2 heterocycles. The molecule has 2 unspecified atom stereocenters. The van der Waals surface area contributed by atoms with Gasteiger partial charge in [0.05, 0.1) is 4.90 Å². The van der Waals surface area contributed by atoms with Crippen molar-refractivity contribution in [2.24, 2.45) is 0 Å². The lowest BCUT2D eigenvalue weighted by Gasteiger charge is -2.29. The van der Waals surface area contributed by atoms with Crippen molar-refractivity contribution in [1.82, 2.24) is 10.0 Å². The molecule has 0 radical (unpaired) electrons. The van der Waals surface area contributed by atoms with Crippen molar-refractivity contribution in [2.45, 2.75) is 81.3 Å². The summed E-state index contributed by atoms with van der Waals surface area (Å²) < 4.78 is 28.2. The minimum absolute atomic E-state index is 0.0607. The normalized spacial score (nSPS) is 28.0. The molecule has 2 aliphatic rings. The van der Waals surface area contributed by atoms with Gasteiger partial charge in [0.25, 0.3) is 0 Å². The number of piperidine rings is 1. The van der Waals surface area contributed by atoms with Crippen molar-refractivity contribution in [3.8, 4) is 0 Å². The van der Waals surface area contributed by atoms with E-state index in [2.05, 4.69) is 30.8 Å². The lowest BCUT2D eigenvalue weighted by molar-refractivity contribution is 0.345. The molecule has 0 spiro atoms. The smallest absolute Gasteiger partial charge is 0.240 e. The van der Waals surface area contributed by atoms with E-state index in [1.54, 1.807) is 12.1 Å².